The third-order valence-corrected chi connectivity index (χ3v) is 4.31. The number of rotatable bonds is 2. The van der Waals surface area contributed by atoms with E-state index in [-0.39, 0.29) is 10.8 Å². The molecule has 0 saturated heterocycles. The highest BCUT2D eigenvalue weighted by molar-refractivity contribution is 5.70. The van der Waals surface area contributed by atoms with E-state index in [2.05, 4.69) is 58.0 Å². The van der Waals surface area contributed by atoms with Crippen molar-refractivity contribution in [3.8, 4) is 5.75 Å². The van der Waals surface area contributed by atoms with E-state index in [0.29, 0.717) is 0 Å². The van der Waals surface area contributed by atoms with Gasteiger partial charge < -0.3 is 9.26 Å². The fourth-order valence-corrected chi connectivity index (χ4v) is 2.93. The van der Waals surface area contributed by atoms with Gasteiger partial charge in [-0.2, -0.15) is 0 Å². The number of nitrogens with zero attached hydrogens (tertiary/aromatic N) is 1. The van der Waals surface area contributed by atoms with E-state index in [1.165, 1.54) is 16.7 Å². The van der Waals surface area contributed by atoms with Gasteiger partial charge in [-0.3, -0.25) is 0 Å². The maximum absolute atomic E-state index is 6.04. The normalized spacial score (nSPS) is 16.6. The van der Waals surface area contributed by atoms with Crippen LogP contribution in [0.3, 0.4) is 0 Å². The van der Waals surface area contributed by atoms with Gasteiger partial charge in [0.2, 0.25) is 0 Å². The molecule has 1 aromatic carbocycles. The van der Waals surface area contributed by atoms with Crippen LogP contribution in [0, 0.1) is 6.92 Å². The molecule has 3 heteroatoms. The quantitative estimate of drug-likeness (QED) is 0.772. The molecule has 0 atom stereocenters. The van der Waals surface area contributed by atoms with E-state index >= 15 is 0 Å². The molecule has 2 heterocycles. The Hall–Kier alpha value is -2.03. The highest BCUT2D eigenvalue weighted by atomic mass is 16.5. The minimum absolute atomic E-state index is 0.0389. The smallest absolute Gasteiger partial charge is 0.159 e. The molecule has 0 aliphatic carbocycles. The predicted octanol–water partition coefficient (Wildman–Crippen LogP) is 5.12. The van der Waals surface area contributed by atoms with Gasteiger partial charge >= 0.3 is 0 Å². The van der Waals surface area contributed by atoms with Crippen LogP contribution in [-0.4, -0.2) is 11.8 Å². The molecule has 122 valence electrons. The molecule has 0 unspecified atom stereocenters. The highest BCUT2D eigenvalue weighted by Crippen LogP contribution is 2.45. The maximum Gasteiger partial charge on any atom is 0.159 e. The first-order chi connectivity index (χ1) is 10.7. The molecule has 1 aromatic heterocycles. The summed E-state index contributed by atoms with van der Waals surface area (Å²) in [6.45, 7) is 13.8. The average molecular weight is 311 g/mol. The molecular formula is C20H25NO2. The summed E-state index contributed by atoms with van der Waals surface area (Å²) < 4.78 is 11.3. The van der Waals surface area contributed by atoms with Crippen LogP contribution in [0.25, 0.3) is 12.2 Å². The number of aryl methyl sites for hydroxylation is 1. The zero-order valence-corrected chi connectivity index (χ0v) is 14.9. The summed E-state index contributed by atoms with van der Waals surface area (Å²) in [5.41, 5.74) is 4.69. The number of aromatic nitrogens is 1. The standard InChI is InChI=1S/C20H25NO2/c1-13-9-15(23-21-13)8-7-14-10-16(19(2,3)4)18-17(11-14)20(5,6)12-22-18/h7-11H,12H2,1-6H3/b8-7-. The van der Waals surface area contributed by atoms with Gasteiger partial charge in [0.25, 0.3) is 0 Å². The van der Waals surface area contributed by atoms with Crippen LogP contribution in [0.2, 0.25) is 0 Å². The lowest BCUT2D eigenvalue weighted by Gasteiger charge is -2.23. The molecule has 0 N–H and O–H groups in total. The van der Waals surface area contributed by atoms with Crippen molar-refractivity contribution in [3.05, 3.63) is 46.3 Å². The zero-order valence-electron chi connectivity index (χ0n) is 14.9. The molecule has 0 spiro atoms. The average Bonchev–Trinajstić information content (AvgIpc) is 2.99. The summed E-state index contributed by atoms with van der Waals surface area (Å²) in [6.07, 6.45) is 4.06. The van der Waals surface area contributed by atoms with E-state index in [4.69, 9.17) is 9.26 Å². The lowest BCUT2D eigenvalue weighted by molar-refractivity contribution is 0.286. The van der Waals surface area contributed by atoms with E-state index in [1.54, 1.807) is 0 Å². The Morgan fingerprint density at radius 2 is 1.87 bits per heavy atom. The molecule has 23 heavy (non-hydrogen) atoms. The summed E-state index contributed by atoms with van der Waals surface area (Å²) in [5, 5.41) is 3.92. The minimum Gasteiger partial charge on any atom is -0.492 e. The topological polar surface area (TPSA) is 35.3 Å². The second-order valence-electron chi connectivity index (χ2n) is 8.07. The summed E-state index contributed by atoms with van der Waals surface area (Å²) in [4.78, 5) is 0. The van der Waals surface area contributed by atoms with Crippen molar-refractivity contribution in [1.29, 1.82) is 0 Å². The Balaban J connectivity index is 2.07. The van der Waals surface area contributed by atoms with Crippen molar-refractivity contribution < 1.29 is 9.26 Å². The first kappa shape index (κ1) is 15.9. The van der Waals surface area contributed by atoms with E-state index in [1.807, 2.05) is 19.1 Å². The molecule has 3 nitrogen and oxygen atoms in total. The second kappa shape index (κ2) is 5.26. The summed E-state index contributed by atoms with van der Waals surface area (Å²) in [7, 11) is 0. The number of ether oxygens (including phenoxy) is 1. The van der Waals surface area contributed by atoms with Crippen LogP contribution >= 0.6 is 0 Å². The Morgan fingerprint density at radius 3 is 2.48 bits per heavy atom. The van der Waals surface area contributed by atoms with Crippen LogP contribution < -0.4 is 4.74 Å². The Morgan fingerprint density at radius 1 is 1.13 bits per heavy atom. The van der Waals surface area contributed by atoms with Crippen molar-refractivity contribution in [2.75, 3.05) is 6.61 Å². The van der Waals surface area contributed by atoms with Crippen molar-refractivity contribution >= 4 is 12.2 Å². The van der Waals surface area contributed by atoms with Gasteiger partial charge in [-0.25, -0.2) is 0 Å². The van der Waals surface area contributed by atoms with Crippen LogP contribution in [0.15, 0.2) is 22.7 Å². The molecule has 1 aliphatic heterocycles. The molecule has 0 saturated carbocycles. The van der Waals surface area contributed by atoms with Crippen LogP contribution in [0.1, 0.15) is 62.8 Å². The van der Waals surface area contributed by atoms with Crippen molar-refractivity contribution in [2.24, 2.45) is 0 Å². The third kappa shape index (κ3) is 3.05. The van der Waals surface area contributed by atoms with Gasteiger partial charge in [-0.15, -0.1) is 0 Å². The molecule has 1 aliphatic rings. The van der Waals surface area contributed by atoms with Gasteiger partial charge in [-0.05, 0) is 36.1 Å². The monoisotopic (exact) mass is 311 g/mol. The summed E-state index contributed by atoms with van der Waals surface area (Å²) in [5.74, 6) is 1.84. The molecule has 0 amide bonds. The summed E-state index contributed by atoms with van der Waals surface area (Å²) in [6, 6.07) is 6.39. The number of hydrogen-bond acceptors (Lipinski definition) is 3. The van der Waals surface area contributed by atoms with Gasteiger partial charge in [0.15, 0.2) is 5.76 Å². The Kier molecular flexibility index (Phi) is 3.62. The fourth-order valence-electron chi connectivity index (χ4n) is 2.93. The first-order valence-electron chi connectivity index (χ1n) is 8.10. The first-order valence-corrected chi connectivity index (χ1v) is 8.10. The van der Waals surface area contributed by atoms with Gasteiger partial charge in [0.1, 0.15) is 5.75 Å². The predicted molar refractivity (Wildman–Crippen MR) is 93.8 cm³/mol. The zero-order chi connectivity index (χ0) is 16.8. The van der Waals surface area contributed by atoms with E-state index < -0.39 is 0 Å². The molecule has 3 rings (SSSR count). The summed E-state index contributed by atoms with van der Waals surface area (Å²) >= 11 is 0. The number of fused-ring (bicyclic) bond motifs is 1. The van der Waals surface area contributed by atoms with Crippen molar-refractivity contribution in [3.63, 3.8) is 0 Å². The van der Waals surface area contributed by atoms with Crippen molar-refractivity contribution in [1.82, 2.24) is 5.16 Å². The lowest BCUT2D eigenvalue weighted by atomic mass is 9.79. The van der Waals surface area contributed by atoms with E-state index in [0.717, 1.165) is 23.8 Å². The van der Waals surface area contributed by atoms with Crippen molar-refractivity contribution in [2.45, 2.75) is 52.4 Å². The fraction of sp³-hybridized carbons (Fsp3) is 0.450. The third-order valence-electron chi connectivity index (χ3n) is 4.31. The van der Waals surface area contributed by atoms with Crippen LogP contribution in [0.4, 0.5) is 0 Å². The largest absolute Gasteiger partial charge is 0.492 e. The number of benzene rings is 1. The Bertz CT molecular complexity index is 760. The SMILES string of the molecule is Cc1cc(/C=C\c2cc(C(C)(C)C)c3c(c2)C(C)(C)CO3)on1. The minimum atomic E-state index is 0.0389. The molecule has 2 aromatic rings. The maximum atomic E-state index is 6.04. The van der Waals surface area contributed by atoms with Gasteiger partial charge in [-0.1, -0.05) is 45.9 Å². The van der Waals surface area contributed by atoms with Gasteiger partial charge in [0.05, 0.1) is 12.3 Å². The van der Waals surface area contributed by atoms with E-state index in [9.17, 15) is 0 Å². The second-order valence-corrected chi connectivity index (χ2v) is 8.07. The molecule has 0 fully saturated rings. The Labute approximate surface area is 138 Å². The molecule has 0 bridgehead atoms. The highest BCUT2D eigenvalue weighted by Gasteiger charge is 2.36. The van der Waals surface area contributed by atoms with Crippen LogP contribution in [-0.2, 0) is 10.8 Å². The van der Waals surface area contributed by atoms with Crippen LogP contribution in [0.5, 0.6) is 5.75 Å². The molecular weight excluding hydrogens is 286 g/mol. The lowest BCUT2D eigenvalue weighted by Crippen LogP contribution is -2.18. The number of hydrogen-bond donors (Lipinski definition) is 0. The van der Waals surface area contributed by atoms with Gasteiger partial charge in [0, 0.05) is 22.6 Å². The molecule has 0 radical (unpaired) electrons.